The molecule has 2 aromatic rings. The molecule has 0 fully saturated rings. The van der Waals surface area contributed by atoms with Crippen molar-refractivity contribution in [1.82, 2.24) is 10.2 Å². The van der Waals surface area contributed by atoms with Crippen LogP contribution in [0.5, 0.6) is 0 Å². The Bertz CT molecular complexity index is 483. The number of benzene rings is 1. The van der Waals surface area contributed by atoms with Gasteiger partial charge in [-0.05, 0) is 23.8 Å². The summed E-state index contributed by atoms with van der Waals surface area (Å²) in [5, 5.41) is 16.2. The molecule has 0 aliphatic rings. The molecule has 4 heteroatoms. The van der Waals surface area contributed by atoms with Crippen molar-refractivity contribution >= 4 is 5.97 Å². The van der Waals surface area contributed by atoms with Crippen LogP contribution in [0, 0.1) is 0 Å². The minimum atomic E-state index is -0.932. The smallest absolute Gasteiger partial charge is 0.335 e. The molecule has 4 nitrogen and oxygen atoms in total. The van der Waals surface area contributed by atoms with E-state index in [0.717, 1.165) is 11.1 Å². The van der Waals surface area contributed by atoms with Crippen LogP contribution in [-0.4, -0.2) is 21.3 Å². The molecule has 74 valence electrons. The molecule has 0 bridgehead atoms. The number of hydrogen-bond donors (Lipinski definition) is 1. The number of aromatic carboxylic acids is 1. The van der Waals surface area contributed by atoms with Crippen LogP contribution in [0.3, 0.4) is 0 Å². The molecule has 0 atom stereocenters. The van der Waals surface area contributed by atoms with Gasteiger partial charge in [0, 0.05) is 5.56 Å². The predicted molar refractivity (Wildman–Crippen MR) is 54.4 cm³/mol. The van der Waals surface area contributed by atoms with Gasteiger partial charge >= 0.3 is 5.97 Å². The average Bonchev–Trinajstić information content (AvgIpc) is 2.30. The summed E-state index contributed by atoms with van der Waals surface area (Å²) in [6.07, 6.45) is 3.17. The van der Waals surface area contributed by atoms with Gasteiger partial charge in [-0.15, -0.1) is 0 Å². The zero-order chi connectivity index (χ0) is 10.7. The lowest BCUT2D eigenvalue weighted by molar-refractivity contribution is 0.0697. The molecule has 0 aliphatic heterocycles. The number of rotatable bonds is 2. The first-order valence-electron chi connectivity index (χ1n) is 4.38. The Balaban J connectivity index is 2.46. The van der Waals surface area contributed by atoms with Crippen LogP contribution in [0.2, 0.25) is 0 Å². The third-order valence-corrected chi connectivity index (χ3v) is 2.03. The Morgan fingerprint density at radius 2 is 2.00 bits per heavy atom. The molecule has 1 heterocycles. The lowest BCUT2D eigenvalue weighted by Crippen LogP contribution is -1.95. The van der Waals surface area contributed by atoms with Gasteiger partial charge in [-0.3, -0.25) is 0 Å². The van der Waals surface area contributed by atoms with Crippen molar-refractivity contribution in [3.63, 3.8) is 0 Å². The summed E-state index contributed by atoms with van der Waals surface area (Å²) in [5.41, 5.74) is 1.95. The Morgan fingerprint density at radius 3 is 2.67 bits per heavy atom. The van der Waals surface area contributed by atoms with E-state index in [2.05, 4.69) is 10.2 Å². The van der Waals surface area contributed by atoms with Gasteiger partial charge in [0.2, 0.25) is 0 Å². The van der Waals surface area contributed by atoms with Crippen molar-refractivity contribution in [3.05, 3.63) is 48.3 Å². The molecule has 1 N–H and O–H groups in total. The van der Waals surface area contributed by atoms with Crippen molar-refractivity contribution in [2.45, 2.75) is 0 Å². The van der Waals surface area contributed by atoms with Gasteiger partial charge in [0.1, 0.15) is 0 Å². The molecular weight excluding hydrogens is 192 g/mol. The molecule has 1 aromatic carbocycles. The van der Waals surface area contributed by atoms with Crippen molar-refractivity contribution in [1.29, 1.82) is 0 Å². The van der Waals surface area contributed by atoms with Gasteiger partial charge in [-0.2, -0.15) is 10.2 Å². The van der Waals surface area contributed by atoms with Crippen LogP contribution in [0.1, 0.15) is 10.4 Å². The molecule has 15 heavy (non-hydrogen) atoms. The highest BCUT2D eigenvalue weighted by Gasteiger charge is 2.04. The second-order valence-electron chi connectivity index (χ2n) is 3.02. The van der Waals surface area contributed by atoms with Crippen molar-refractivity contribution in [2.24, 2.45) is 0 Å². The quantitative estimate of drug-likeness (QED) is 0.803. The monoisotopic (exact) mass is 200 g/mol. The number of carboxylic acid groups (broad SMARTS) is 1. The third-order valence-electron chi connectivity index (χ3n) is 2.03. The van der Waals surface area contributed by atoms with Crippen molar-refractivity contribution in [3.8, 4) is 11.1 Å². The fraction of sp³-hybridized carbons (Fsp3) is 0. The molecule has 0 radical (unpaired) electrons. The van der Waals surface area contributed by atoms with E-state index in [-0.39, 0.29) is 5.56 Å². The topological polar surface area (TPSA) is 63.1 Å². The SMILES string of the molecule is O=C(O)c1cccc(-c2ccnnc2)c1. The van der Waals surface area contributed by atoms with Gasteiger partial charge in [-0.1, -0.05) is 12.1 Å². The van der Waals surface area contributed by atoms with Crippen LogP contribution in [0.25, 0.3) is 11.1 Å². The molecule has 0 spiro atoms. The van der Waals surface area contributed by atoms with Gasteiger partial charge in [0.25, 0.3) is 0 Å². The molecular formula is C11H8N2O2. The number of carboxylic acids is 1. The van der Waals surface area contributed by atoms with Gasteiger partial charge in [0.15, 0.2) is 0 Å². The molecule has 0 saturated carbocycles. The van der Waals surface area contributed by atoms with E-state index in [1.807, 2.05) is 6.07 Å². The number of carbonyl (C=O) groups is 1. The highest BCUT2D eigenvalue weighted by atomic mass is 16.4. The van der Waals surface area contributed by atoms with Gasteiger partial charge in [-0.25, -0.2) is 4.79 Å². The summed E-state index contributed by atoms with van der Waals surface area (Å²) in [6, 6.07) is 8.50. The average molecular weight is 200 g/mol. The van der Waals surface area contributed by atoms with E-state index in [1.54, 1.807) is 36.7 Å². The van der Waals surface area contributed by atoms with E-state index >= 15 is 0 Å². The lowest BCUT2D eigenvalue weighted by Gasteiger charge is -2.01. The summed E-state index contributed by atoms with van der Waals surface area (Å²) in [7, 11) is 0. The van der Waals surface area contributed by atoms with Crippen LogP contribution < -0.4 is 0 Å². The van der Waals surface area contributed by atoms with Crippen molar-refractivity contribution < 1.29 is 9.90 Å². The highest BCUT2D eigenvalue weighted by molar-refractivity contribution is 5.89. The van der Waals surface area contributed by atoms with E-state index in [9.17, 15) is 4.79 Å². The highest BCUT2D eigenvalue weighted by Crippen LogP contribution is 2.18. The molecule has 0 aliphatic carbocycles. The van der Waals surface area contributed by atoms with E-state index in [4.69, 9.17) is 5.11 Å². The Kier molecular flexibility index (Phi) is 2.41. The Labute approximate surface area is 86.2 Å². The molecule has 0 saturated heterocycles. The van der Waals surface area contributed by atoms with Crippen LogP contribution in [-0.2, 0) is 0 Å². The maximum Gasteiger partial charge on any atom is 0.335 e. The number of hydrogen-bond acceptors (Lipinski definition) is 3. The zero-order valence-corrected chi connectivity index (χ0v) is 7.79. The summed E-state index contributed by atoms with van der Waals surface area (Å²) >= 11 is 0. The van der Waals surface area contributed by atoms with Crippen LogP contribution >= 0.6 is 0 Å². The minimum Gasteiger partial charge on any atom is -0.478 e. The second-order valence-corrected chi connectivity index (χ2v) is 3.02. The lowest BCUT2D eigenvalue weighted by atomic mass is 10.1. The standard InChI is InChI=1S/C11H8N2O2/c14-11(15)9-3-1-2-8(6-9)10-4-5-12-13-7-10/h1-7H,(H,14,15). The predicted octanol–water partition coefficient (Wildman–Crippen LogP) is 1.84. The third kappa shape index (κ3) is 1.99. The zero-order valence-electron chi connectivity index (χ0n) is 7.79. The summed E-state index contributed by atoms with van der Waals surface area (Å²) in [5.74, 6) is -0.932. The minimum absolute atomic E-state index is 0.268. The first-order chi connectivity index (χ1) is 7.27. The first kappa shape index (κ1) is 9.33. The summed E-state index contributed by atoms with van der Waals surface area (Å²) < 4.78 is 0. The van der Waals surface area contributed by atoms with Crippen LogP contribution in [0.15, 0.2) is 42.7 Å². The first-order valence-corrected chi connectivity index (χ1v) is 4.38. The summed E-state index contributed by atoms with van der Waals surface area (Å²) in [6.45, 7) is 0. The Hall–Kier alpha value is -2.23. The molecule has 0 unspecified atom stereocenters. The summed E-state index contributed by atoms with van der Waals surface area (Å²) in [4.78, 5) is 10.8. The fourth-order valence-corrected chi connectivity index (χ4v) is 1.29. The molecule has 1 aromatic heterocycles. The molecule has 0 amide bonds. The Morgan fingerprint density at radius 1 is 1.13 bits per heavy atom. The fourth-order valence-electron chi connectivity index (χ4n) is 1.29. The van der Waals surface area contributed by atoms with Gasteiger partial charge in [0.05, 0.1) is 18.0 Å². The van der Waals surface area contributed by atoms with Crippen LogP contribution in [0.4, 0.5) is 0 Å². The van der Waals surface area contributed by atoms with E-state index in [1.165, 1.54) is 0 Å². The number of nitrogens with zero attached hydrogens (tertiary/aromatic N) is 2. The maximum absolute atomic E-state index is 10.8. The van der Waals surface area contributed by atoms with Gasteiger partial charge < -0.3 is 5.11 Å². The van der Waals surface area contributed by atoms with E-state index < -0.39 is 5.97 Å². The maximum atomic E-state index is 10.8. The van der Waals surface area contributed by atoms with E-state index in [0.29, 0.717) is 0 Å². The van der Waals surface area contributed by atoms with Crippen molar-refractivity contribution in [2.75, 3.05) is 0 Å². The number of aromatic nitrogens is 2. The largest absolute Gasteiger partial charge is 0.478 e. The molecule has 2 rings (SSSR count). The second kappa shape index (κ2) is 3.88. The normalized spacial score (nSPS) is 9.87.